The van der Waals surface area contributed by atoms with Gasteiger partial charge in [-0.25, -0.2) is 9.97 Å². The Balaban J connectivity index is 1.61. The van der Waals surface area contributed by atoms with Crippen LogP contribution in [0.15, 0.2) is 107 Å². The van der Waals surface area contributed by atoms with Crippen molar-refractivity contribution >= 4 is 28.9 Å². The summed E-state index contributed by atoms with van der Waals surface area (Å²) >= 11 is 1.58. The first kappa shape index (κ1) is 21.3. The highest BCUT2D eigenvalue weighted by Gasteiger charge is 2.18. The average Bonchev–Trinajstić information content (AvgIpc) is 2.82. The number of amides is 1. The van der Waals surface area contributed by atoms with Crippen LogP contribution in [0.1, 0.15) is 11.5 Å². The van der Waals surface area contributed by atoms with Crippen LogP contribution in [0.3, 0.4) is 0 Å². The minimum atomic E-state index is -0.363. The summed E-state index contributed by atoms with van der Waals surface area (Å²) in [5.74, 6) is -0.0738. The van der Waals surface area contributed by atoms with Crippen molar-refractivity contribution in [3.8, 4) is 11.3 Å². The zero-order valence-corrected chi connectivity index (χ0v) is 18.3. The number of aryl methyl sites for hydroxylation is 1. The second-order valence-corrected chi connectivity index (χ2v) is 8.15. The molecule has 6 heteroatoms. The maximum absolute atomic E-state index is 13.2. The maximum Gasteiger partial charge on any atom is 0.261 e. The lowest BCUT2D eigenvalue weighted by Gasteiger charge is -2.13. The van der Waals surface area contributed by atoms with Gasteiger partial charge < -0.3 is 11.1 Å². The molecular formula is C26H22N4OS. The monoisotopic (exact) mass is 438 g/mol. The van der Waals surface area contributed by atoms with Crippen LogP contribution in [0, 0.1) is 6.92 Å². The number of carbonyl (C=O) groups excluding carboxylic acids is 1. The Morgan fingerprint density at radius 3 is 2.28 bits per heavy atom. The van der Waals surface area contributed by atoms with E-state index in [2.05, 4.69) is 15.3 Å². The lowest BCUT2D eigenvalue weighted by atomic mass is 10.1. The van der Waals surface area contributed by atoms with Gasteiger partial charge in [-0.3, -0.25) is 4.79 Å². The molecule has 0 spiro atoms. The van der Waals surface area contributed by atoms with E-state index in [1.54, 1.807) is 11.8 Å². The van der Waals surface area contributed by atoms with E-state index in [1.165, 1.54) is 6.20 Å². The second kappa shape index (κ2) is 9.94. The number of nitrogens with two attached hydrogens (primary N) is 1. The van der Waals surface area contributed by atoms with Crippen molar-refractivity contribution in [3.05, 3.63) is 109 Å². The van der Waals surface area contributed by atoms with Gasteiger partial charge >= 0.3 is 0 Å². The number of aromatic nitrogens is 2. The molecule has 5 nitrogen and oxygen atoms in total. The minimum absolute atomic E-state index is 0.213. The predicted molar refractivity (Wildman–Crippen MR) is 130 cm³/mol. The zero-order chi connectivity index (χ0) is 22.3. The summed E-state index contributed by atoms with van der Waals surface area (Å²) in [7, 11) is 0. The number of nitrogens with one attached hydrogen (secondary N) is 1. The number of anilines is 1. The van der Waals surface area contributed by atoms with Gasteiger partial charge in [0, 0.05) is 27.2 Å². The Hall–Kier alpha value is -3.90. The van der Waals surface area contributed by atoms with Crippen LogP contribution in [0.25, 0.3) is 16.8 Å². The van der Waals surface area contributed by atoms with Crippen molar-refractivity contribution in [2.24, 2.45) is 5.73 Å². The van der Waals surface area contributed by atoms with Gasteiger partial charge in [-0.15, -0.1) is 0 Å². The summed E-state index contributed by atoms with van der Waals surface area (Å²) in [6.45, 7) is 1.87. The Bertz CT molecular complexity index is 1260. The van der Waals surface area contributed by atoms with Crippen molar-refractivity contribution < 1.29 is 4.79 Å². The van der Waals surface area contributed by atoms with E-state index >= 15 is 0 Å². The van der Waals surface area contributed by atoms with Crippen LogP contribution in [0.2, 0.25) is 0 Å². The first-order valence-corrected chi connectivity index (χ1v) is 10.9. The van der Waals surface area contributed by atoms with Crippen LogP contribution >= 0.6 is 11.8 Å². The molecule has 0 saturated carbocycles. The number of benzene rings is 3. The third-order valence-corrected chi connectivity index (χ3v) is 5.77. The molecular weight excluding hydrogens is 416 g/mol. The fourth-order valence-corrected chi connectivity index (χ4v) is 4.08. The number of nitrogens with zero attached hydrogens (tertiary/aromatic N) is 2. The van der Waals surface area contributed by atoms with Crippen molar-refractivity contribution in [3.63, 3.8) is 0 Å². The van der Waals surface area contributed by atoms with Crippen LogP contribution in [0.5, 0.6) is 0 Å². The van der Waals surface area contributed by atoms with E-state index in [-0.39, 0.29) is 17.3 Å². The van der Waals surface area contributed by atoms with Gasteiger partial charge in [-0.2, -0.15) is 0 Å². The van der Waals surface area contributed by atoms with Gasteiger partial charge in [-0.1, -0.05) is 72.4 Å². The van der Waals surface area contributed by atoms with Crippen LogP contribution < -0.4 is 11.1 Å². The Morgan fingerprint density at radius 1 is 0.906 bits per heavy atom. The number of hydrogen-bond donors (Lipinski definition) is 2. The normalized spacial score (nSPS) is 11.2. The van der Waals surface area contributed by atoms with E-state index in [0.717, 1.165) is 26.7 Å². The smallest absolute Gasteiger partial charge is 0.261 e. The van der Waals surface area contributed by atoms with E-state index < -0.39 is 0 Å². The molecule has 32 heavy (non-hydrogen) atoms. The molecule has 0 saturated heterocycles. The number of hydrogen-bond acceptors (Lipinski definition) is 5. The van der Waals surface area contributed by atoms with Gasteiger partial charge in [0.2, 0.25) is 0 Å². The molecule has 0 bridgehead atoms. The van der Waals surface area contributed by atoms with Gasteiger partial charge in [0.25, 0.3) is 5.91 Å². The van der Waals surface area contributed by atoms with Crippen LogP contribution in [-0.4, -0.2) is 15.9 Å². The van der Waals surface area contributed by atoms with E-state index in [0.29, 0.717) is 5.69 Å². The maximum atomic E-state index is 13.2. The summed E-state index contributed by atoms with van der Waals surface area (Å²) in [4.78, 5) is 24.2. The molecule has 0 atom stereocenters. The third-order valence-electron chi connectivity index (χ3n) is 4.68. The lowest BCUT2D eigenvalue weighted by Crippen LogP contribution is -2.17. The highest BCUT2D eigenvalue weighted by atomic mass is 32.2. The van der Waals surface area contributed by atoms with Gasteiger partial charge in [-0.05, 0) is 37.3 Å². The molecule has 4 aromatic rings. The number of carbonyl (C=O) groups is 1. The molecule has 4 rings (SSSR count). The Kier molecular flexibility index (Phi) is 6.63. The molecule has 3 aromatic carbocycles. The van der Waals surface area contributed by atoms with Gasteiger partial charge in [0.1, 0.15) is 0 Å². The summed E-state index contributed by atoms with van der Waals surface area (Å²) in [6, 6.07) is 29.3. The second-order valence-electron chi connectivity index (χ2n) is 7.03. The van der Waals surface area contributed by atoms with Crippen molar-refractivity contribution in [2.75, 3.05) is 5.32 Å². The topological polar surface area (TPSA) is 80.9 Å². The SMILES string of the molecule is Cc1cc(-c2ccccc2)nc(C(=CN)C(=O)Nc2ccccc2Sc2ccccc2)n1. The molecule has 0 unspecified atom stereocenters. The van der Waals surface area contributed by atoms with Crippen molar-refractivity contribution in [2.45, 2.75) is 16.7 Å². The third kappa shape index (κ3) is 5.04. The average molecular weight is 439 g/mol. The molecule has 0 radical (unpaired) electrons. The molecule has 158 valence electrons. The lowest BCUT2D eigenvalue weighted by molar-refractivity contribution is -0.111. The molecule has 3 N–H and O–H groups in total. The Morgan fingerprint density at radius 2 is 1.56 bits per heavy atom. The summed E-state index contributed by atoms with van der Waals surface area (Å²) < 4.78 is 0. The van der Waals surface area contributed by atoms with Crippen molar-refractivity contribution in [1.82, 2.24) is 9.97 Å². The molecule has 1 amide bonds. The van der Waals surface area contributed by atoms with Crippen LogP contribution in [-0.2, 0) is 4.79 Å². The van der Waals surface area contributed by atoms with Gasteiger partial charge in [0.05, 0.1) is 17.0 Å². The fraction of sp³-hybridized carbons (Fsp3) is 0.0385. The molecule has 0 aliphatic heterocycles. The Labute approximate surface area is 191 Å². The number of rotatable bonds is 6. The molecule has 0 fully saturated rings. The quantitative estimate of drug-likeness (QED) is 0.386. The standard InChI is InChI=1S/C26H22N4OS/c1-18-16-23(19-10-4-2-5-11-19)29-25(28-18)21(17-27)26(31)30-22-14-8-9-15-24(22)32-20-12-6-3-7-13-20/h2-17H,27H2,1H3,(H,30,31). The van der Waals surface area contributed by atoms with Gasteiger partial charge in [0.15, 0.2) is 5.82 Å². The van der Waals surface area contributed by atoms with E-state index in [4.69, 9.17) is 5.73 Å². The fourth-order valence-electron chi connectivity index (χ4n) is 3.16. The molecule has 0 aliphatic carbocycles. The summed E-state index contributed by atoms with van der Waals surface area (Å²) in [5, 5.41) is 2.97. The predicted octanol–water partition coefficient (Wildman–Crippen LogP) is 5.54. The van der Waals surface area contributed by atoms with Crippen LogP contribution in [0.4, 0.5) is 5.69 Å². The first-order valence-electron chi connectivity index (χ1n) is 10.1. The largest absolute Gasteiger partial charge is 0.404 e. The highest BCUT2D eigenvalue weighted by Crippen LogP contribution is 2.33. The minimum Gasteiger partial charge on any atom is -0.404 e. The molecule has 1 heterocycles. The summed E-state index contributed by atoms with van der Waals surface area (Å²) in [6.07, 6.45) is 1.26. The van der Waals surface area contributed by atoms with Crippen molar-refractivity contribution in [1.29, 1.82) is 0 Å². The molecule has 1 aromatic heterocycles. The zero-order valence-electron chi connectivity index (χ0n) is 17.5. The number of para-hydroxylation sites is 1. The highest BCUT2D eigenvalue weighted by molar-refractivity contribution is 7.99. The van der Waals surface area contributed by atoms with E-state index in [1.807, 2.05) is 97.9 Å². The van der Waals surface area contributed by atoms with E-state index in [9.17, 15) is 4.79 Å². The molecule has 0 aliphatic rings. The summed E-state index contributed by atoms with van der Waals surface area (Å²) in [5.41, 5.74) is 9.19. The first-order chi connectivity index (χ1) is 15.6.